The Balaban J connectivity index is 1.82. The largest absolute Gasteiger partial charge is 0.396 e. The lowest BCUT2D eigenvalue weighted by Crippen LogP contribution is -2.24. The van der Waals surface area contributed by atoms with Gasteiger partial charge in [0.15, 0.2) is 0 Å². The highest BCUT2D eigenvalue weighted by molar-refractivity contribution is 5.29. The number of aliphatic hydroxyl groups is 1. The van der Waals surface area contributed by atoms with E-state index in [2.05, 4.69) is 31.7 Å². The van der Waals surface area contributed by atoms with Crippen molar-refractivity contribution in [1.82, 2.24) is 4.90 Å². The minimum Gasteiger partial charge on any atom is -0.396 e. The summed E-state index contributed by atoms with van der Waals surface area (Å²) in [5, 5.41) is 9.10. The number of hydrogen-bond acceptors (Lipinski definition) is 2. The van der Waals surface area contributed by atoms with Gasteiger partial charge in [0.25, 0.3) is 0 Å². The lowest BCUT2D eigenvalue weighted by molar-refractivity contribution is 0.183. The van der Waals surface area contributed by atoms with Crippen LogP contribution in [0.1, 0.15) is 27.2 Å². The van der Waals surface area contributed by atoms with Crippen LogP contribution in [0.25, 0.3) is 0 Å². The second-order valence-corrected chi connectivity index (χ2v) is 4.94. The first-order chi connectivity index (χ1) is 6.65. The van der Waals surface area contributed by atoms with Crippen LogP contribution in [0.5, 0.6) is 0 Å². The van der Waals surface area contributed by atoms with Gasteiger partial charge in [-0.15, -0.1) is 0 Å². The molecular weight excluding hydrogens is 174 g/mol. The topological polar surface area (TPSA) is 23.2 Å². The van der Waals surface area contributed by atoms with Gasteiger partial charge in [-0.25, -0.2) is 0 Å². The van der Waals surface area contributed by atoms with Crippen molar-refractivity contribution in [3.63, 3.8) is 0 Å². The van der Waals surface area contributed by atoms with Crippen LogP contribution in [0, 0.1) is 11.8 Å². The highest BCUT2D eigenvalue weighted by atomic mass is 16.3. The molecule has 0 bridgehead atoms. The Morgan fingerprint density at radius 1 is 1.50 bits per heavy atom. The van der Waals surface area contributed by atoms with Crippen LogP contribution in [0.3, 0.4) is 0 Å². The highest BCUT2D eigenvalue weighted by Gasteiger charge is 2.44. The predicted molar refractivity (Wildman–Crippen MR) is 58.1 cm³/mol. The summed E-state index contributed by atoms with van der Waals surface area (Å²) in [5.74, 6) is 1.06. The fourth-order valence-electron chi connectivity index (χ4n) is 2.24. The number of rotatable bonds is 5. The number of hydrogen-bond donors (Lipinski definition) is 1. The molecule has 3 unspecified atom stereocenters. The Hall–Kier alpha value is -0.340. The predicted octanol–water partition coefficient (Wildman–Crippen LogP) is 1.65. The standard InChI is InChI=1S/C12H21NO/c1-8(7-14)9(2)12-6-13(12)10(3)11-4-5-11/h4,8-10,12,14H,5-7H2,1-3H3/t8-,9+,10?,12?,13?/m1/s1. The van der Waals surface area contributed by atoms with Crippen LogP contribution >= 0.6 is 0 Å². The van der Waals surface area contributed by atoms with E-state index < -0.39 is 0 Å². The zero-order chi connectivity index (χ0) is 10.3. The fourth-order valence-corrected chi connectivity index (χ4v) is 2.24. The van der Waals surface area contributed by atoms with Crippen LogP contribution < -0.4 is 0 Å². The molecule has 80 valence electrons. The molecule has 0 amide bonds. The molecule has 1 aliphatic heterocycles. The van der Waals surface area contributed by atoms with E-state index in [0.717, 1.165) is 0 Å². The molecular formula is C12H21NO. The molecule has 0 aromatic carbocycles. The van der Waals surface area contributed by atoms with Gasteiger partial charge in [-0.2, -0.15) is 0 Å². The molecule has 14 heavy (non-hydrogen) atoms. The van der Waals surface area contributed by atoms with Crippen molar-refractivity contribution in [3.05, 3.63) is 11.6 Å². The molecule has 2 heteroatoms. The van der Waals surface area contributed by atoms with E-state index in [1.807, 2.05) is 0 Å². The number of nitrogens with zero attached hydrogens (tertiary/aromatic N) is 1. The van der Waals surface area contributed by atoms with Crippen molar-refractivity contribution in [2.24, 2.45) is 11.8 Å². The van der Waals surface area contributed by atoms with Crippen molar-refractivity contribution in [1.29, 1.82) is 0 Å². The van der Waals surface area contributed by atoms with E-state index in [9.17, 15) is 0 Å². The summed E-state index contributed by atoms with van der Waals surface area (Å²) < 4.78 is 0. The van der Waals surface area contributed by atoms with Gasteiger partial charge in [0.1, 0.15) is 0 Å². The smallest absolute Gasteiger partial charge is 0.0459 e. The molecule has 5 atom stereocenters. The van der Waals surface area contributed by atoms with Gasteiger partial charge in [-0.05, 0) is 25.2 Å². The van der Waals surface area contributed by atoms with E-state index in [-0.39, 0.29) is 0 Å². The monoisotopic (exact) mass is 195 g/mol. The quantitative estimate of drug-likeness (QED) is 0.532. The molecule has 0 saturated carbocycles. The first-order valence-corrected chi connectivity index (χ1v) is 5.70. The lowest BCUT2D eigenvalue weighted by Gasteiger charge is -2.19. The third kappa shape index (κ3) is 1.86. The van der Waals surface area contributed by atoms with Crippen molar-refractivity contribution >= 4 is 0 Å². The van der Waals surface area contributed by atoms with E-state index in [1.165, 1.54) is 13.0 Å². The molecule has 1 aliphatic carbocycles. The lowest BCUT2D eigenvalue weighted by atomic mass is 9.93. The highest BCUT2D eigenvalue weighted by Crippen LogP contribution is 2.37. The maximum Gasteiger partial charge on any atom is 0.0459 e. The molecule has 0 spiro atoms. The second-order valence-electron chi connectivity index (χ2n) is 4.94. The molecule has 2 aliphatic rings. The molecule has 0 aromatic rings. The second kappa shape index (κ2) is 3.67. The van der Waals surface area contributed by atoms with Crippen LogP contribution in [0.4, 0.5) is 0 Å². The first kappa shape index (κ1) is 10.2. The number of aliphatic hydroxyl groups excluding tert-OH is 1. The van der Waals surface area contributed by atoms with Crippen molar-refractivity contribution in [2.75, 3.05) is 13.2 Å². The third-order valence-electron chi connectivity index (χ3n) is 3.96. The molecule has 1 N–H and O–H groups in total. The van der Waals surface area contributed by atoms with Gasteiger partial charge in [-0.3, -0.25) is 4.90 Å². The van der Waals surface area contributed by atoms with Gasteiger partial charge in [0.05, 0.1) is 0 Å². The molecule has 2 rings (SSSR count). The summed E-state index contributed by atoms with van der Waals surface area (Å²) in [6.45, 7) is 8.25. The van der Waals surface area contributed by atoms with Gasteiger partial charge in [0.2, 0.25) is 0 Å². The van der Waals surface area contributed by atoms with Gasteiger partial charge in [0, 0.05) is 25.2 Å². The fraction of sp³-hybridized carbons (Fsp3) is 0.833. The van der Waals surface area contributed by atoms with E-state index >= 15 is 0 Å². The summed E-state index contributed by atoms with van der Waals surface area (Å²) in [5.41, 5.74) is 1.61. The van der Waals surface area contributed by atoms with E-state index in [0.29, 0.717) is 30.5 Å². The molecule has 0 aromatic heterocycles. The number of allylic oxidation sites excluding steroid dienone is 1. The molecule has 1 fully saturated rings. The molecule has 1 saturated heterocycles. The molecule has 2 nitrogen and oxygen atoms in total. The average molecular weight is 195 g/mol. The average Bonchev–Trinajstić information content (AvgIpc) is 3.05. The van der Waals surface area contributed by atoms with E-state index in [4.69, 9.17) is 5.11 Å². The zero-order valence-corrected chi connectivity index (χ0v) is 9.40. The SMILES string of the molecule is CC(C1=CC1)N1CC1[C@@H](C)[C@H](C)CO. The Kier molecular flexibility index (Phi) is 2.67. The van der Waals surface area contributed by atoms with Crippen molar-refractivity contribution in [2.45, 2.75) is 39.3 Å². The minimum absolute atomic E-state index is 0.322. The van der Waals surface area contributed by atoms with Gasteiger partial charge in [-0.1, -0.05) is 25.5 Å². The van der Waals surface area contributed by atoms with Gasteiger partial charge < -0.3 is 5.11 Å². The Bertz CT molecular complexity index is 249. The Morgan fingerprint density at radius 3 is 2.64 bits per heavy atom. The molecule has 1 heterocycles. The summed E-state index contributed by atoms with van der Waals surface area (Å²) in [6.07, 6.45) is 3.55. The maximum absolute atomic E-state index is 9.10. The Labute approximate surface area is 86.6 Å². The zero-order valence-electron chi connectivity index (χ0n) is 9.40. The summed E-state index contributed by atoms with van der Waals surface area (Å²) in [4.78, 5) is 2.55. The van der Waals surface area contributed by atoms with Crippen LogP contribution in [-0.4, -0.2) is 35.2 Å². The Morgan fingerprint density at radius 2 is 2.14 bits per heavy atom. The van der Waals surface area contributed by atoms with Crippen LogP contribution in [0.15, 0.2) is 11.6 Å². The van der Waals surface area contributed by atoms with Crippen LogP contribution in [-0.2, 0) is 0 Å². The molecule has 0 radical (unpaired) electrons. The van der Waals surface area contributed by atoms with Crippen LogP contribution in [0.2, 0.25) is 0 Å². The first-order valence-electron chi connectivity index (χ1n) is 5.70. The minimum atomic E-state index is 0.322. The third-order valence-corrected chi connectivity index (χ3v) is 3.96. The maximum atomic E-state index is 9.10. The van der Waals surface area contributed by atoms with Gasteiger partial charge >= 0.3 is 0 Å². The normalized spacial score (nSPS) is 35.9. The van der Waals surface area contributed by atoms with Crippen molar-refractivity contribution in [3.8, 4) is 0 Å². The van der Waals surface area contributed by atoms with Crippen molar-refractivity contribution < 1.29 is 5.11 Å². The summed E-state index contributed by atoms with van der Waals surface area (Å²) in [7, 11) is 0. The van der Waals surface area contributed by atoms with E-state index in [1.54, 1.807) is 5.57 Å². The summed E-state index contributed by atoms with van der Waals surface area (Å²) >= 11 is 0. The summed E-state index contributed by atoms with van der Waals surface area (Å²) in [6, 6.07) is 1.38.